The zero-order valence-corrected chi connectivity index (χ0v) is 11.9. The van der Waals surface area contributed by atoms with Crippen molar-refractivity contribution >= 4 is 28.5 Å². The summed E-state index contributed by atoms with van der Waals surface area (Å²) in [4.78, 5) is 26.3. The highest BCUT2D eigenvalue weighted by molar-refractivity contribution is 6.07. The average molecular weight is 289 g/mol. The first-order chi connectivity index (χ1) is 10.1. The number of aromatic amines is 1. The number of rotatable bonds is 6. The minimum absolute atomic E-state index is 0.185. The van der Waals surface area contributed by atoms with Gasteiger partial charge in [-0.2, -0.15) is 0 Å². The molecule has 0 saturated heterocycles. The number of hydrogen-bond acceptors (Lipinski definition) is 4. The minimum Gasteiger partial charge on any atom is -0.466 e. The number of H-pyrrole nitrogens is 1. The molecule has 1 aromatic heterocycles. The van der Waals surface area contributed by atoms with Crippen molar-refractivity contribution in [2.75, 3.05) is 18.9 Å². The van der Waals surface area contributed by atoms with Crippen molar-refractivity contribution in [1.82, 2.24) is 10.3 Å². The van der Waals surface area contributed by atoms with Crippen LogP contribution in [-0.2, 0) is 9.53 Å². The third kappa shape index (κ3) is 3.75. The maximum Gasteiger partial charge on any atom is 0.305 e. The molecule has 1 aromatic carbocycles. The summed E-state index contributed by atoms with van der Waals surface area (Å²) < 4.78 is 4.82. The van der Waals surface area contributed by atoms with Crippen LogP contribution in [0.3, 0.4) is 0 Å². The zero-order chi connectivity index (χ0) is 15.2. The first-order valence-corrected chi connectivity index (χ1v) is 6.92. The van der Waals surface area contributed by atoms with Gasteiger partial charge in [-0.3, -0.25) is 9.59 Å². The highest BCUT2D eigenvalue weighted by Gasteiger charge is 2.12. The van der Waals surface area contributed by atoms with Gasteiger partial charge < -0.3 is 20.8 Å². The van der Waals surface area contributed by atoms with Crippen LogP contribution in [0, 0.1) is 0 Å². The maximum absolute atomic E-state index is 12.1. The highest BCUT2D eigenvalue weighted by atomic mass is 16.5. The number of nitrogen functional groups attached to an aromatic ring is 1. The van der Waals surface area contributed by atoms with E-state index < -0.39 is 0 Å². The van der Waals surface area contributed by atoms with Crippen LogP contribution in [0.25, 0.3) is 10.9 Å². The molecule has 0 aliphatic carbocycles. The van der Waals surface area contributed by atoms with Crippen LogP contribution >= 0.6 is 0 Å². The number of anilines is 1. The van der Waals surface area contributed by atoms with Crippen LogP contribution in [0.4, 0.5) is 5.69 Å². The number of fused-ring (bicyclic) bond motifs is 1. The molecule has 0 aliphatic heterocycles. The van der Waals surface area contributed by atoms with Gasteiger partial charge in [0.05, 0.1) is 12.2 Å². The molecule has 6 nitrogen and oxygen atoms in total. The molecule has 112 valence electrons. The van der Waals surface area contributed by atoms with Crippen molar-refractivity contribution < 1.29 is 14.3 Å². The van der Waals surface area contributed by atoms with Gasteiger partial charge in [0.15, 0.2) is 0 Å². The molecule has 0 fully saturated rings. The van der Waals surface area contributed by atoms with Crippen LogP contribution < -0.4 is 11.1 Å². The largest absolute Gasteiger partial charge is 0.466 e. The number of ether oxygens (including phenoxy) is 1. The molecule has 0 atom stereocenters. The molecule has 2 aromatic rings. The lowest BCUT2D eigenvalue weighted by molar-refractivity contribution is -0.143. The number of carbonyl (C=O) groups excluding carboxylic acids is 2. The molecule has 0 bridgehead atoms. The highest BCUT2D eigenvalue weighted by Crippen LogP contribution is 2.20. The van der Waals surface area contributed by atoms with E-state index in [1.54, 1.807) is 25.3 Å². The molecule has 1 heterocycles. The number of nitrogens with two attached hydrogens (primary N) is 1. The second-order valence-corrected chi connectivity index (χ2v) is 4.67. The average Bonchev–Trinajstić information content (AvgIpc) is 2.86. The topological polar surface area (TPSA) is 97.2 Å². The normalized spacial score (nSPS) is 10.5. The SMILES string of the molecule is CCOC(=O)CCCNC(=O)c1c[nH]c2ccc(N)cc12. The molecular weight excluding hydrogens is 270 g/mol. The predicted octanol–water partition coefficient (Wildman–Crippen LogP) is 1.82. The molecular formula is C15H19N3O3. The maximum atomic E-state index is 12.1. The predicted molar refractivity (Wildman–Crippen MR) is 80.9 cm³/mol. The van der Waals surface area contributed by atoms with Gasteiger partial charge in [-0.25, -0.2) is 0 Å². The summed E-state index contributed by atoms with van der Waals surface area (Å²) in [5, 5.41) is 3.58. The van der Waals surface area contributed by atoms with Gasteiger partial charge in [-0.1, -0.05) is 0 Å². The summed E-state index contributed by atoms with van der Waals surface area (Å²) in [5.74, 6) is -0.428. The number of carbonyl (C=O) groups is 2. The van der Waals surface area contributed by atoms with Crippen molar-refractivity contribution in [3.8, 4) is 0 Å². The van der Waals surface area contributed by atoms with Gasteiger partial charge in [0.2, 0.25) is 0 Å². The van der Waals surface area contributed by atoms with Gasteiger partial charge in [0, 0.05) is 35.8 Å². The molecule has 6 heteroatoms. The van der Waals surface area contributed by atoms with E-state index in [1.165, 1.54) is 0 Å². The fourth-order valence-corrected chi connectivity index (χ4v) is 2.09. The van der Waals surface area contributed by atoms with Gasteiger partial charge in [-0.05, 0) is 31.5 Å². The standard InChI is InChI=1S/C15H19N3O3/c1-2-21-14(19)4-3-7-17-15(20)12-9-18-13-6-5-10(16)8-11(12)13/h5-6,8-9,18H,2-4,7,16H2,1H3,(H,17,20). The van der Waals surface area contributed by atoms with Crippen molar-refractivity contribution in [1.29, 1.82) is 0 Å². The second kappa shape index (κ2) is 6.78. The molecule has 0 unspecified atom stereocenters. The van der Waals surface area contributed by atoms with E-state index in [4.69, 9.17) is 10.5 Å². The van der Waals surface area contributed by atoms with Crippen molar-refractivity contribution in [3.05, 3.63) is 30.0 Å². The summed E-state index contributed by atoms with van der Waals surface area (Å²) in [6.45, 7) is 2.57. The second-order valence-electron chi connectivity index (χ2n) is 4.67. The van der Waals surface area contributed by atoms with Crippen LogP contribution in [-0.4, -0.2) is 30.0 Å². The Bertz CT molecular complexity index is 649. The Kier molecular flexibility index (Phi) is 4.81. The number of nitrogens with one attached hydrogen (secondary N) is 2. The molecule has 0 aliphatic rings. The fraction of sp³-hybridized carbons (Fsp3) is 0.333. The summed E-state index contributed by atoms with van der Waals surface area (Å²) >= 11 is 0. The number of benzene rings is 1. The third-order valence-corrected chi connectivity index (χ3v) is 3.10. The van der Waals surface area contributed by atoms with E-state index in [-0.39, 0.29) is 11.9 Å². The quantitative estimate of drug-likeness (QED) is 0.429. The Morgan fingerprint density at radius 3 is 2.95 bits per heavy atom. The van der Waals surface area contributed by atoms with E-state index in [1.807, 2.05) is 6.07 Å². The summed E-state index contributed by atoms with van der Waals surface area (Å²) in [6.07, 6.45) is 2.51. The van der Waals surface area contributed by atoms with Gasteiger partial charge in [0.1, 0.15) is 0 Å². The fourth-order valence-electron chi connectivity index (χ4n) is 2.09. The Labute approximate surface area is 122 Å². The smallest absolute Gasteiger partial charge is 0.305 e. The lowest BCUT2D eigenvalue weighted by atomic mass is 10.1. The first kappa shape index (κ1) is 14.9. The summed E-state index contributed by atoms with van der Waals surface area (Å²) in [7, 11) is 0. The number of esters is 1. The Balaban J connectivity index is 1.91. The van der Waals surface area contributed by atoms with Crippen molar-refractivity contribution in [3.63, 3.8) is 0 Å². The van der Waals surface area contributed by atoms with E-state index in [0.717, 1.165) is 10.9 Å². The molecule has 4 N–H and O–H groups in total. The lowest BCUT2D eigenvalue weighted by Gasteiger charge is -2.05. The first-order valence-electron chi connectivity index (χ1n) is 6.92. The molecule has 0 radical (unpaired) electrons. The molecule has 1 amide bonds. The Hall–Kier alpha value is -2.50. The third-order valence-electron chi connectivity index (χ3n) is 3.10. The van der Waals surface area contributed by atoms with E-state index in [2.05, 4.69) is 10.3 Å². The van der Waals surface area contributed by atoms with Crippen LogP contribution in [0.15, 0.2) is 24.4 Å². The Morgan fingerprint density at radius 2 is 2.19 bits per heavy atom. The van der Waals surface area contributed by atoms with Gasteiger partial charge in [0.25, 0.3) is 5.91 Å². The molecule has 2 rings (SSSR count). The zero-order valence-electron chi connectivity index (χ0n) is 11.9. The van der Waals surface area contributed by atoms with Crippen molar-refractivity contribution in [2.45, 2.75) is 19.8 Å². The van der Waals surface area contributed by atoms with Crippen LogP contribution in [0.5, 0.6) is 0 Å². The monoisotopic (exact) mass is 289 g/mol. The molecule has 21 heavy (non-hydrogen) atoms. The number of hydrogen-bond donors (Lipinski definition) is 3. The van der Waals surface area contributed by atoms with Crippen LogP contribution in [0.1, 0.15) is 30.1 Å². The number of aromatic nitrogens is 1. The Morgan fingerprint density at radius 1 is 1.38 bits per heavy atom. The van der Waals surface area contributed by atoms with E-state index >= 15 is 0 Å². The minimum atomic E-state index is -0.244. The van der Waals surface area contributed by atoms with Crippen molar-refractivity contribution in [2.24, 2.45) is 0 Å². The van der Waals surface area contributed by atoms with E-state index in [9.17, 15) is 9.59 Å². The molecule has 0 spiro atoms. The van der Waals surface area contributed by atoms with Gasteiger partial charge >= 0.3 is 5.97 Å². The molecule has 0 saturated carbocycles. The van der Waals surface area contributed by atoms with E-state index in [0.29, 0.717) is 37.2 Å². The van der Waals surface area contributed by atoms with Crippen LogP contribution in [0.2, 0.25) is 0 Å². The number of amides is 1. The summed E-state index contributed by atoms with van der Waals surface area (Å²) in [6, 6.07) is 5.38. The lowest BCUT2D eigenvalue weighted by Crippen LogP contribution is -2.24. The van der Waals surface area contributed by atoms with Gasteiger partial charge in [-0.15, -0.1) is 0 Å². The summed E-state index contributed by atoms with van der Waals surface area (Å²) in [5.41, 5.74) is 7.76.